The van der Waals surface area contributed by atoms with E-state index < -0.39 is 0 Å². The molecule has 1 aromatic rings. The second-order valence-electron chi connectivity index (χ2n) is 5.28. The lowest BCUT2D eigenvalue weighted by Gasteiger charge is -2.28. The number of nitrogens with one attached hydrogen (secondary N) is 1. The third-order valence-corrected chi connectivity index (χ3v) is 3.69. The van der Waals surface area contributed by atoms with Gasteiger partial charge in [0.25, 0.3) is 0 Å². The summed E-state index contributed by atoms with van der Waals surface area (Å²) < 4.78 is 2.00. The van der Waals surface area contributed by atoms with Gasteiger partial charge in [-0.1, -0.05) is 6.92 Å². The maximum absolute atomic E-state index is 4.31. The van der Waals surface area contributed by atoms with Crippen molar-refractivity contribution in [1.82, 2.24) is 25.0 Å². The summed E-state index contributed by atoms with van der Waals surface area (Å²) in [4.78, 5) is 6.72. The molecule has 5 heteroatoms. The Morgan fingerprint density at radius 2 is 2.17 bits per heavy atom. The number of likely N-dealkylation sites (tertiary alicyclic amines) is 1. The van der Waals surface area contributed by atoms with Crippen molar-refractivity contribution in [1.29, 1.82) is 0 Å². The first-order valence-corrected chi connectivity index (χ1v) is 7.05. The minimum atomic E-state index is 0.823. The molecule has 1 aliphatic rings. The first kappa shape index (κ1) is 13.5. The number of hydrogen-bond acceptors (Lipinski definition) is 4. The molecule has 1 fully saturated rings. The summed E-state index contributed by atoms with van der Waals surface area (Å²) in [6, 6.07) is 0. The van der Waals surface area contributed by atoms with Gasteiger partial charge >= 0.3 is 0 Å². The number of piperidine rings is 1. The Morgan fingerprint density at radius 3 is 2.89 bits per heavy atom. The number of hydrogen-bond donors (Lipinski definition) is 1. The van der Waals surface area contributed by atoms with Gasteiger partial charge < -0.3 is 10.2 Å². The fourth-order valence-electron chi connectivity index (χ4n) is 2.48. The van der Waals surface area contributed by atoms with Gasteiger partial charge in [0.2, 0.25) is 0 Å². The number of aromatic nitrogens is 3. The highest BCUT2D eigenvalue weighted by Crippen LogP contribution is 2.14. The van der Waals surface area contributed by atoms with Crippen LogP contribution in [0.3, 0.4) is 0 Å². The van der Waals surface area contributed by atoms with E-state index in [4.69, 9.17) is 0 Å². The minimum absolute atomic E-state index is 0.823. The molecule has 2 heterocycles. The molecule has 2 rings (SSSR count). The summed E-state index contributed by atoms with van der Waals surface area (Å²) in [5, 5.41) is 7.77. The van der Waals surface area contributed by atoms with E-state index in [0.717, 1.165) is 37.8 Å². The van der Waals surface area contributed by atoms with E-state index in [2.05, 4.69) is 34.3 Å². The molecule has 18 heavy (non-hydrogen) atoms. The quantitative estimate of drug-likeness (QED) is 0.823. The monoisotopic (exact) mass is 251 g/mol. The predicted molar refractivity (Wildman–Crippen MR) is 72.2 cm³/mol. The molecule has 0 radical (unpaired) electrons. The average Bonchev–Trinajstić information content (AvgIpc) is 2.80. The zero-order valence-corrected chi connectivity index (χ0v) is 11.6. The lowest BCUT2D eigenvalue weighted by molar-refractivity contribution is 0.215. The van der Waals surface area contributed by atoms with E-state index in [9.17, 15) is 0 Å². The molecule has 1 aliphatic heterocycles. The topological polar surface area (TPSA) is 46.0 Å². The molecular weight excluding hydrogens is 226 g/mol. The van der Waals surface area contributed by atoms with Crippen LogP contribution >= 0.6 is 0 Å². The second-order valence-corrected chi connectivity index (χ2v) is 5.28. The van der Waals surface area contributed by atoms with Crippen LogP contribution in [0.15, 0.2) is 6.33 Å². The van der Waals surface area contributed by atoms with Gasteiger partial charge in [0.15, 0.2) is 0 Å². The van der Waals surface area contributed by atoms with Gasteiger partial charge in [-0.15, -0.1) is 0 Å². The smallest absolute Gasteiger partial charge is 0.140 e. The van der Waals surface area contributed by atoms with Crippen molar-refractivity contribution in [3.05, 3.63) is 12.2 Å². The van der Waals surface area contributed by atoms with Gasteiger partial charge in [-0.25, -0.2) is 9.67 Å². The molecule has 0 unspecified atom stereocenters. The van der Waals surface area contributed by atoms with Crippen molar-refractivity contribution in [2.24, 2.45) is 5.92 Å². The highest BCUT2D eigenvalue weighted by atomic mass is 15.3. The molecule has 0 spiro atoms. The van der Waals surface area contributed by atoms with E-state index >= 15 is 0 Å². The summed E-state index contributed by atoms with van der Waals surface area (Å²) in [5.74, 6) is 1.88. The van der Waals surface area contributed by atoms with Gasteiger partial charge in [0.05, 0.1) is 6.54 Å². The predicted octanol–water partition coefficient (Wildman–Crippen LogP) is 1.12. The van der Waals surface area contributed by atoms with Crippen LogP contribution in [0.25, 0.3) is 0 Å². The fourth-order valence-corrected chi connectivity index (χ4v) is 2.48. The minimum Gasteiger partial charge on any atom is -0.310 e. The lowest BCUT2D eigenvalue weighted by atomic mass is 9.97. The molecule has 0 aromatic carbocycles. The summed E-state index contributed by atoms with van der Waals surface area (Å²) in [6.45, 7) is 7.54. The molecule has 1 N–H and O–H groups in total. The van der Waals surface area contributed by atoms with Crippen LogP contribution in [0, 0.1) is 5.92 Å². The Bertz CT molecular complexity index is 341. The molecule has 5 nitrogen and oxygen atoms in total. The summed E-state index contributed by atoms with van der Waals surface area (Å²) in [7, 11) is 2.21. The molecule has 0 bridgehead atoms. The van der Waals surface area contributed by atoms with Crippen LogP contribution in [-0.2, 0) is 13.1 Å². The number of aryl methyl sites for hydroxylation is 1. The molecule has 0 atom stereocenters. The van der Waals surface area contributed by atoms with E-state index in [1.807, 2.05) is 4.68 Å². The molecule has 0 amide bonds. The summed E-state index contributed by atoms with van der Waals surface area (Å²) in [5.41, 5.74) is 0. The second kappa shape index (κ2) is 6.85. The van der Waals surface area contributed by atoms with Crippen LogP contribution < -0.4 is 5.32 Å². The fraction of sp³-hybridized carbons (Fsp3) is 0.846. The van der Waals surface area contributed by atoms with E-state index in [1.54, 1.807) is 6.33 Å². The van der Waals surface area contributed by atoms with Crippen LogP contribution in [0.2, 0.25) is 0 Å². The molecule has 1 aromatic heterocycles. The Morgan fingerprint density at radius 1 is 1.39 bits per heavy atom. The Kier molecular flexibility index (Phi) is 5.13. The van der Waals surface area contributed by atoms with Crippen molar-refractivity contribution in [2.45, 2.75) is 39.3 Å². The first-order valence-electron chi connectivity index (χ1n) is 7.05. The zero-order valence-electron chi connectivity index (χ0n) is 11.6. The van der Waals surface area contributed by atoms with Crippen molar-refractivity contribution in [3.8, 4) is 0 Å². The molecule has 0 aliphatic carbocycles. The highest BCUT2D eigenvalue weighted by molar-refractivity contribution is 4.84. The number of nitrogens with zero attached hydrogens (tertiary/aromatic N) is 4. The Balaban J connectivity index is 1.70. The first-order chi connectivity index (χ1) is 8.79. The Labute approximate surface area is 110 Å². The zero-order chi connectivity index (χ0) is 12.8. The van der Waals surface area contributed by atoms with Crippen LogP contribution in [0.1, 0.15) is 32.0 Å². The Hall–Kier alpha value is -0.940. The van der Waals surface area contributed by atoms with E-state index in [1.165, 1.54) is 25.9 Å². The lowest BCUT2D eigenvalue weighted by Crippen LogP contribution is -2.35. The summed E-state index contributed by atoms with van der Waals surface area (Å²) in [6.07, 6.45) is 5.38. The van der Waals surface area contributed by atoms with Crippen molar-refractivity contribution >= 4 is 0 Å². The standard InChI is InChI=1S/C13H25N5/c1-3-6-18-13(15-11-16-18)10-14-9-12-4-7-17(2)8-5-12/h11-12,14H,3-10H2,1-2H3. The largest absolute Gasteiger partial charge is 0.310 e. The van der Waals surface area contributed by atoms with Gasteiger partial charge in [0.1, 0.15) is 12.2 Å². The van der Waals surface area contributed by atoms with Crippen molar-refractivity contribution < 1.29 is 0 Å². The molecular formula is C13H25N5. The third-order valence-electron chi connectivity index (χ3n) is 3.69. The van der Waals surface area contributed by atoms with Gasteiger partial charge in [-0.2, -0.15) is 5.10 Å². The van der Waals surface area contributed by atoms with Crippen molar-refractivity contribution in [2.75, 3.05) is 26.7 Å². The number of rotatable bonds is 6. The van der Waals surface area contributed by atoms with Gasteiger partial charge in [-0.3, -0.25) is 0 Å². The highest BCUT2D eigenvalue weighted by Gasteiger charge is 2.16. The molecule has 102 valence electrons. The average molecular weight is 251 g/mol. The molecule has 1 saturated heterocycles. The van der Waals surface area contributed by atoms with Gasteiger partial charge in [0, 0.05) is 6.54 Å². The van der Waals surface area contributed by atoms with E-state index in [-0.39, 0.29) is 0 Å². The van der Waals surface area contributed by atoms with Gasteiger partial charge in [-0.05, 0) is 51.9 Å². The van der Waals surface area contributed by atoms with Crippen LogP contribution in [-0.4, -0.2) is 46.3 Å². The normalized spacial score (nSPS) is 18.3. The SMILES string of the molecule is CCCn1ncnc1CNCC1CCN(C)CC1. The molecule has 0 saturated carbocycles. The maximum Gasteiger partial charge on any atom is 0.140 e. The van der Waals surface area contributed by atoms with Crippen molar-refractivity contribution in [3.63, 3.8) is 0 Å². The summed E-state index contributed by atoms with van der Waals surface area (Å²) >= 11 is 0. The third kappa shape index (κ3) is 3.78. The van der Waals surface area contributed by atoms with E-state index in [0.29, 0.717) is 0 Å². The van der Waals surface area contributed by atoms with Crippen LogP contribution in [0.5, 0.6) is 0 Å². The maximum atomic E-state index is 4.31. The van der Waals surface area contributed by atoms with Crippen LogP contribution in [0.4, 0.5) is 0 Å².